The largest absolute Gasteiger partial charge is 0.617 e. The zero-order valence-electron chi connectivity index (χ0n) is 7.04. The lowest BCUT2D eigenvalue weighted by Crippen LogP contribution is -2.11. The quantitative estimate of drug-likeness (QED) is 0.396. The Morgan fingerprint density at radius 1 is 1.77 bits per heavy atom. The Morgan fingerprint density at radius 2 is 2.46 bits per heavy atom. The van der Waals surface area contributed by atoms with E-state index in [2.05, 4.69) is 5.10 Å². The zero-order valence-corrected chi connectivity index (χ0v) is 7.86. The molecule has 1 aromatic rings. The lowest BCUT2D eigenvalue weighted by atomic mass is 10.6. The number of hydrogen-bond acceptors (Lipinski definition) is 4. The van der Waals surface area contributed by atoms with E-state index in [1.54, 1.807) is 6.26 Å². The summed E-state index contributed by atoms with van der Waals surface area (Å²) in [5, 5.41) is 14.0. The molecule has 0 amide bonds. The minimum absolute atomic E-state index is 0.0399. The van der Waals surface area contributed by atoms with Crippen LogP contribution in [0.2, 0.25) is 0 Å². The lowest BCUT2D eigenvalue weighted by molar-refractivity contribution is -0.385. The third-order valence-corrected chi connectivity index (χ3v) is 2.20. The molecule has 1 aromatic heterocycles. The predicted molar refractivity (Wildman–Crippen MR) is 47.8 cm³/mol. The van der Waals surface area contributed by atoms with Gasteiger partial charge in [-0.1, -0.05) is 11.2 Å². The van der Waals surface area contributed by atoms with Crippen molar-refractivity contribution in [2.24, 2.45) is 0 Å². The van der Waals surface area contributed by atoms with E-state index in [0.29, 0.717) is 12.3 Å². The van der Waals surface area contributed by atoms with E-state index < -0.39 is 16.1 Å². The highest BCUT2D eigenvalue weighted by atomic mass is 32.2. The molecule has 13 heavy (non-hydrogen) atoms. The first-order valence-corrected chi connectivity index (χ1v) is 5.29. The molecule has 0 radical (unpaired) electrons. The first-order valence-electron chi connectivity index (χ1n) is 3.56. The molecule has 0 aromatic carbocycles. The molecule has 0 fully saturated rings. The summed E-state index contributed by atoms with van der Waals surface area (Å²) in [6.07, 6.45) is 4.09. The summed E-state index contributed by atoms with van der Waals surface area (Å²) in [6.45, 7) is 0.441. The van der Waals surface area contributed by atoms with Crippen LogP contribution in [0.4, 0.5) is 5.69 Å². The first-order chi connectivity index (χ1) is 6.09. The van der Waals surface area contributed by atoms with Crippen LogP contribution in [0.1, 0.15) is 0 Å². The van der Waals surface area contributed by atoms with Crippen LogP contribution in [-0.4, -0.2) is 31.3 Å². The number of rotatable bonds is 4. The minimum Gasteiger partial charge on any atom is -0.617 e. The molecular weight excluding hydrogens is 194 g/mol. The Balaban J connectivity index is 2.54. The topological polar surface area (TPSA) is 84.0 Å². The maximum absolute atomic E-state index is 10.7. The average molecular weight is 203 g/mol. The second kappa shape index (κ2) is 4.24. The SMILES string of the molecule is C[S+]([O-])CCn1cc([N+](=O)[O-])cn1. The minimum atomic E-state index is -0.898. The van der Waals surface area contributed by atoms with Gasteiger partial charge >= 0.3 is 5.69 Å². The zero-order chi connectivity index (χ0) is 9.84. The molecule has 0 saturated carbocycles. The van der Waals surface area contributed by atoms with Crippen LogP contribution < -0.4 is 0 Å². The molecule has 0 aliphatic carbocycles. The fourth-order valence-electron chi connectivity index (χ4n) is 0.791. The first kappa shape index (κ1) is 10.0. The van der Waals surface area contributed by atoms with Crippen molar-refractivity contribution < 1.29 is 9.48 Å². The van der Waals surface area contributed by atoms with Gasteiger partial charge in [0.25, 0.3) is 0 Å². The molecule has 0 N–H and O–H groups in total. The Morgan fingerprint density at radius 3 is 2.92 bits per heavy atom. The Kier molecular flexibility index (Phi) is 3.26. The fraction of sp³-hybridized carbons (Fsp3) is 0.500. The molecule has 7 heteroatoms. The van der Waals surface area contributed by atoms with Gasteiger partial charge in [0.1, 0.15) is 18.1 Å². The highest BCUT2D eigenvalue weighted by Gasteiger charge is 2.09. The van der Waals surface area contributed by atoms with E-state index >= 15 is 0 Å². The Hall–Kier alpha value is -1.08. The van der Waals surface area contributed by atoms with Crippen LogP contribution in [-0.2, 0) is 17.7 Å². The van der Waals surface area contributed by atoms with Crippen LogP contribution in [0.5, 0.6) is 0 Å². The fourth-order valence-corrected chi connectivity index (χ4v) is 1.24. The summed E-state index contributed by atoms with van der Waals surface area (Å²) in [7, 11) is 0. The van der Waals surface area contributed by atoms with Crippen molar-refractivity contribution >= 4 is 16.9 Å². The molecule has 1 rings (SSSR count). The standard InChI is InChI=1S/C6H9N3O3S/c1-13(12)3-2-8-5-6(4-7-8)9(10)11/h4-5H,2-3H2,1H3. The summed E-state index contributed by atoms with van der Waals surface area (Å²) in [4.78, 5) is 9.74. The van der Waals surface area contributed by atoms with E-state index in [0.717, 1.165) is 0 Å². The van der Waals surface area contributed by atoms with Gasteiger partial charge in [-0.05, 0) is 0 Å². The Labute approximate surface area is 77.9 Å². The van der Waals surface area contributed by atoms with Gasteiger partial charge in [0.2, 0.25) is 0 Å². The van der Waals surface area contributed by atoms with Crippen LogP contribution in [0.25, 0.3) is 0 Å². The second-order valence-electron chi connectivity index (χ2n) is 2.50. The third kappa shape index (κ3) is 3.03. The number of aromatic nitrogens is 2. The van der Waals surface area contributed by atoms with Gasteiger partial charge in [-0.3, -0.25) is 14.8 Å². The van der Waals surface area contributed by atoms with E-state index in [-0.39, 0.29) is 5.69 Å². The molecule has 1 heterocycles. The monoisotopic (exact) mass is 203 g/mol. The van der Waals surface area contributed by atoms with Crippen molar-refractivity contribution in [3.8, 4) is 0 Å². The maximum atomic E-state index is 10.7. The van der Waals surface area contributed by atoms with Crippen LogP contribution >= 0.6 is 0 Å². The number of nitrogens with zero attached hydrogens (tertiary/aromatic N) is 3. The van der Waals surface area contributed by atoms with Crippen LogP contribution in [0, 0.1) is 10.1 Å². The lowest BCUT2D eigenvalue weighted by Gasteiger charge is -2.03. The van der Waals surface area contributed by atoms with Crippen molar-refractivity contribution in [1.82, 2.24) is 9.78 Å². The van der Waals surface area contributed by atoms with Crippen molar-refractivity contribution in [2.75, 3.05) is 12.0 Å². The molecule has 1 atom stereocenters. The van der Waals surface area contributed by atoms with Gasteiger partial charge < -0.3 is 4.55 Å². The molecular formula is C6H9N3O3S. The maximum Gasteiger partial charge on any atom is 0.306 e. The molecule has 0 bridgehead atoms. The van der Waals surface area contributed by atoms with Crippen molar-refractivity contribution in [1.29, 1.82) is 0 Å². The average Bonchev–Trinajstić information content (AvgIpc) is 2.48. The molecule has 1 unspecified atom stereocenters. The Bertz CT molecular complexity index is 299. The number of aryl methyl sites for hydroxylation is 1. The van der Waals surface area contributed by atoms with Gasteiger partial charge in [-0.25, -0.2) is 0 Å². The van der Waals surface area contributed by atoms with Crippen molar-refractivity contribution in [3.63, 3.8) is 0 Å². The van der Waals surface area contributed by atoms with E-state index in [1.807, 2.05) is 0 Å². The van der Waals surface area contributed by atoms with E-state index in [1.165, 1.54) is 17.1 Å². The highest BCUT2D eigenvalue weighted by Crippen LogP contribution is 2.07. The smallest absolute Gasteiger partial charge is 0.306 e. The predicted octanol–water partition coefficient (Wildman–Crippen LogP) is 0.170. The molecule has 0 aliphatic heterocycles. The summed E-state index contributed by atoms with van der Waals surface area (Å²) in [5.41, 5.74) is -0.0399. The number of nitro groups is 1. The molecule has 0 saturated heterocycles. The van der Waals surface area contributed by atoms with Crippen molar-refractivity contribution in [2.45, 2.75) is 6.54 Å². The van der Waals surface area contributed by atoms with Crippen LogP contribution in [0.15, 0.2) is 12.4 Å². The van der Waals surface area contributed by atoms with Gasteiger partial charge in [0.15, 0.2) is 0 Å². The molecule has 0 aliphatic rings. The van der Waals surface area contributed by atoms with Gasteiger partial charge in [-0.15, -0.1) is 0 Å². The number of hydrogen-bond donors (Lipinski definition) is 0. The summed E-state index contributed by atoms with van der Waals surface area (Å²) >= 11 is -0.898. The van der Waals surface area contributed by atoms with Gasteiger partial charge in [0.05, 0.1) is 17.7 Å². The molecule has 6 nitrogen and oxygen atoms in total. The summed E-state index contributed by atoms with van der Waals surface area (Å²) in [5.74, 6) is 0.457. The van der Waals surface area contributed by atoms with E-state index in [9.17, 15) is 14.7 Å². The summed E-state index contributed by atoms with van der Waals surface area (Å²) < 4.78 is 12.1. The van der Waals surface area contributed by atoms with Crippen LogP contribution in [0.3, 0.4) is 0 Å². The van der Waals surface area contributed by atoms with Gasteiger partial charge in [-0.2, -0.15) is 5.10 Å². The highest BCUT2D eigenvalue weighted by molar-refractivity contribution is 7.90. The van der Waals surface area contributed by atoms with Crippen molar-refractivity contribution in [3.05, 3.63) is 22.5 Å². The normalized spacial score (nSPS) is 12.8. The second-order valence-corrected chi connectivity index (χ2v) is 4.05. The third-order valence-electron chi connectivity index (χ3n) is 1.44. The molecule has 0 spiro atoms. The van der Waals surface area contributed by atoms with Gasteiger partial charge in [0, 0.05) is 0 Å². The van der Waals surface area contributed by atoms with E-state index in [4.69, 9.17) is 0 Å². The summed E-state index contributed by atoms with van der Waals surface area (Å²) in [6, 6.07) is 0. The molecule has 72 valence electrons.